The van der Waals surface area contributed by atoms with Crippen LogP contribution in [-0.4, -0.2) is 117 Å². The Kier molecular flexibility index (Phi) is 23.3. The third-order valence-electron chi connectivity index (χ3n) is 9.91. The number of rotatable bonds is 23. The van der Waals surface area contributed by atoms with Gasteiger partial charge < -0.3 is 40.4 Å². The molecule has 13 nitrogen and oxygen atoms in total. The highest BCUT2D eigenvalue weighted by molar-refractivity contribution is 7.99. The van der Waals surface area contributed by atoms with Gasteiger partial charge in [-0.15, -0.1) is 0 Å². The number of nitrogens with two attached hydrogens (primary N) is 1. The SMILES string of the molecule is CC(C)(C)[C@H](c1cc(-c2cc(F)ccc2F)cn1Cc1ccccc1)N(CCCNC(=O)OCC[Si](C)(C)C)C(=O)CSCCC(=O)N[C@H](CN)C(=O)O.C[Si](C)(C)CCOC(=O)C(F)(F)F. The number of alkyl carbamates (subject to hydrolysis) is 1. The molecule has 0 bridgehead atoms. The van der Waals surface area contributed by atoms with Crippen LogP contribution in [0.3, 0.4) is 0 Å². The molecule has 2 aromatic carbocycles. The van der Waals surface area contributed by atoms with Crippen molar-refractivity contribution in [1.82, 2.24) is 20.1 Å². The predicted molar refractivity (Wildman–Crippen MR) is 257 cm³/mol. The number of nitrogens with zero attached hydrogens (tertiary/aromatic N) is 2. The summed E-state index contributed by atoms with van der Waals surface area (Å²) in [5, 5.41) is 14.4. The van der Waals surface area contributed by atoms with Gasteiger partial charge in [0.25, 0.3) is 0 Å². The molecular formula is C46H68F5N5O8SSi2. The van der Waals surface area contributed by atoms with Crippen LogP contribution in [0.5, 0.6) is 0 Å². The summed E-state index contributed by atoms with van der Waals surface area (Å²) in [4.78, 5) is 62.3. The molecule has 3 amide bonds. The molecule has 3 rings (SSSR count). The molecule has 1 heterocycles. The molecule has 21 heteroatoms. The minimum atomic E-state index is -4.86. The van der Waals surface area contributed by atoms with Crippen molar-refractivity contribution < 1.29 is 60.5 Å². The molecule has 0 aliphatic rings. The molecule has 0 spiro atoms. The van der Waals surface area contributed by atoms with Gasteiger partial charge in [0.05, 0.1) is 25.0 Å². The molecule has 0 aliphatic carbocycles. The Bertz CT molecular complexity index is 2080. The van der Waals surface area contributed by atoms with Gasteiger partial charge in [0.1, 0.15) is 17.7 Å². The summed E-state index contributed by atoms with van der Waals surface area (Å²) >= 11 is 1.24. The summed E-state index contributed by atoms with van der Waals surface area (Å²) in [6, 6.07) is 14.4. The van der Waals surface area contributed by atoms with Gasteiger partial charge in [-0.1, -0.05) is 90.4 Å². The van der Waals surface area contributed by atoms with Crippen LogP contribution in [0.1, 0.15) is 50.9 Å². The number of alkyl halides is 3. The number of hydrogen-bond acceptors (Lipinski definition) is 9. The fourth-order valence-corrected chi connectivity index (χ4v) is 8.62. The van der Waals surface area contributed by atoms with Gasteiger partial charge >= 0.3 is 24.2 Å². The second-order valence-corrected chi connectivity index (χ2v) is 31.8. The lowest BCUT2D eigenvalue weighted by Crippen LogP contribution is -2.46. The number of amides is 3. The maximum Gasteiger partial charge on any atom is 0.490 e. The number of hydrogen-bond donors (Lipinski definition) is 4. The van der Waals surface area contributed by atoms with Crippen LogP contribution in [0.4, 0.5) is 26.7 Å². The first-order valence-corrected chi connectivity index (χ1v) is 30.5. The molecule has 1 aromatic heterocycles. The molecule has 0 fully saturated rings. The number of nitrogens with one attached hydrogen (secondary N) is 2. The number of ether oxygens (including phenoxy) is 2. The van der Waals surface area contributed by atoms with Crippen molar-refractivity contribution in [3.8, 4) is 11.1 Å². The smallest absolute Gasteiger partial charge is 0.480 e. The van der Waals surface area contributed by atoms with Crippen LogP contribution >= 0.6 is 11.8 Å². The molecule has 67 heavy (non-hydrogen) atoms. The molecule has 5 N–H and O–H groups in total. The second kappa shape index (κ2) is 26.7. The zero-order chi connectivity index (χ0) is 50.8. The monoisotopic (exact) mass is 1000 g/mol. The van der Waals surface area contributed by atoms with Crippen LogP contribution in [0.2, 0.25) is 51.4 Å². The number of carboxylic acid groups (broad SMARTS) is 1. The molecule has 2 atom stereocenters. The van der Waals surface area contributed by atoms with E-state index in [2.05, 4.69) is 35.0 Å². The minimum Gasteiger partial charge on any atom is -0.480 e. The van der Waals surface area contributed by atoms with E-state index in [0.29, 0.717) is 36.9 Å². The van der Waals surface area contributed by atoms with E-state index in [-0.39, 0.29) is 55.6 Å². The molecule has 0 saturated carbocycles. The third-order valence-corrected chi connectivity index (χ3v) is 14.3. The molecule has 0 radical (unpaired) electrons. The number of carboxylic acids is 1. The van der Waals surface area contributed by atoms with Gasteiger partial charge in [-0.3, -0.25) is 9.59 Å². The molecular weight excluding hydrogens is 934 g/mol. The van der Waals surface area contributed by atoms with Crippen LogP contribution in [0, 0.1) is 17.0 Å². The zero-order valence-electron chi connectivity index (χ0n) is 40.0. The lowest BCUT2D eigenvalue weighted by molar-refractivity contribution is -0.199. The van der Waals surface area contributed by atoms with Gasteiger partial charge in [0.15, 0.2) is 0 Å². The van der Waals surface area contributed by atoms with E-state index < -0.39 is 75.4 Å². The molecule has 3 aromatic rings. The Hall–Kier alpha value is -4.74. The average Bonchev–Trinajstić information content (AvgIpc) is 3.61. The van der Waals surface area contributed by atoms with E-state index in [1.807, 2.05) is 75.3 Å². The lowest BCUT2D eigenvalue weighted by atomic mass is 9.83. The summed E-state index contributed by atoms with van der Waals surface area (Å²) < 4.78 is 75.8. The summed E-state index contributed by atoms with van der Waals surface area (Å²) in [6.45, 7) is 19.4. The quantitative estimate of drug-likeness (QED) is 0.0310. The maximum absolute atomic E-state index is 15.2. The standard InChI is InChI=1S/C39H55F2N5O6SSi.C7H13F3O2Si/c1-39(2,3)36(33-21-28(30-22-29(40)13-14-31(30)41)25-45(33)24-27-11-8-7-9-12-27)46(17-10-16-43-38(51)52-18-20-54(4,5)6)35(48)26-53-19-15-34(47)44-32(23-42)37(49)50;1-13(2,3)5-4-12-6(11)7(8,9)10/h7-9,11-14,21-22,25,32,36H,10,15-20,23-24,26,42H2,1-6H3,(H,43,51)(H,44,47)(H,49,50);4-5H2,1-3H3/t32-,36+;/m1./s1. The van der Waals surface area contributed by atoms with Crippen molar-refractivity contribution in [2.45, 2.75) is 110 Å². The number of esters is 1. The largest absolute Gasteiger partial charge is 0.490 e. The van der Waals surface area contributed by atoms with E-state index in [0.717, 1.165) is 29.8 Å². The van der Waals surface area contributed by atoms with Crippen molar-refractivity contribution in [1.29, 1.82) is 0 Å². The number of aliphatic carboxylic acids is 1. The Morgan fingerprint density at radius 3 is 2.06 bits per heavy atom. The number of thioether (sulfide) groups is 1. The number of halogens is 5. The summed E-state index contributed by atoms with van der Waals surface area (Å²) in [6.07, 6.45) is -3.23. The first kappa shape index (κ1) is 58.4. The number of benzene rings is 2. The summed E-state index contributed by atoms with van der Waals surface area (Å²) in [5.41, 5.74) is 7.12. The Morgan fingerprint density at radius 1 is 0.896 bits per heavy atom. The van der Waals surface area contributed by atoms with Crippen molar-refractivity contribution in [3.05, 3.63) is 83.7 Å². The Balaban J connectivity index is 0.00000103. The predicted octanol–water partition coefficient (Wildman–Crippen LogP) is 8.93. The highest BCUT2D eigenvalue weighted by Gasteiger charge is 2.41. The van der Waals surface area contributed by atoms with E-state index in [1.54, 1.807) is 17.2 Å². The molecule has 0 saturated heterocycles. The van der Waals surface area contributed by atoms with Crippen molar-refractivity contribution in [2.24, 2.45) is 11.1 Å². The van der Waals surface area contributed by atoms with E-state index >= 15 is 4.39 Å². The number of aromatic nitrogens is 1. The van der Waals surface area contributed by atoms with Crippen LogP contribution < -0.4 is 16.4 Å². The third kappa shape index (κ3) is 22.3. The summed E-state index contributed by atoms with van der Waals surface area (Å²) in [7, 11) is -2.81. The van der Waals surface area contributed by atoms with Crippen molar-refractivity contribution >= 4 is 57.8 Å². The normalized spacial score (nSPS) is 12.8. The van der Waals surface area contributed by atoms with Gasteiger partial charge in [-0.25, -0.2) is 23.2 Å². The van der Waals surface area contributed by atoms with Gasteiger partial charge in [0.2, 0.25) is 11.8 Å². The fourth-order valence-electron chi connectivity index (χ4n) is 6.38. The topological polar surface area (TPSA) is 182 Å². The minimum absolute atomic E-state index is 0.00997. The molecule has 0 aliphatic heterocycles. The van der Waals surface area contributed by atoms with Gasteiger partial charge in [0, 0.05) is 77.5 Å². The lowest BCUT2D eigenvalue weighted by Gasteiger charge is -2.41. The highest BCUT2D eigenvalue weighted by Crippen LogP contribution is 2.41. The van der Waals surface area contributed by atoms with E-state index in [1.165, 1.54) is 11.8 Å². The van der Waals surface area contributed by atoms with Crippen molar-refractivity contribution in [3.63, 3.8) is 0 Å². The van der Waals surface area contributed by atoms with Gasteiger partial charge in [-0.2, -0.15) is 24.9 Å². The van der Waals surface area contributed by atoms with Crippen LogP contribution in [0.15, 0.2) is 60.8 Å². The van der Waals surface area contributed by atoms with Crippen LogP contribution in [0.25, 0.3) is 11.1 Å². The molecule has 0 unspecified atom stereocenters. The van der Waals surface area contributed by atoms with E-state index in [9.17, 15) is 46.6 Å². The number of carbonyl (C=O) groups excluding carboxylic acids is 4. The summed E-state index contributed by atoms with van der Waals surface area (Å²) in [5.74, 6) is -4.93. The fraction of sp³-hybridized carbons (Fsp3) is 0.543. The second-order valence-electron chi connectivity index (χ2n) is 19.4. The first-order valence-electron chi connectivity index (χ1n) is 22.0. The number of carbonyl (C=O) groups is 5. The average molecular weight is 1000 g/mol. The Labute approximate surface area is 397 Å². The van der Waals surface area contributed by atoms with Crippen molar-refractivity contribution in [2.75, 3.05) is 44.4 Å². The first-order chi connectivity index (χ1) is 31.0. The highest BCUT2D eigenvalue weighted by atomic mass is 32.2. The van der Waals surface area contributed by atoms with Gasteiger partial charge in [-0.05, 0) is 53.8 Å². The Morgan fingerprint density at radius 2 is 1.51 bits per heavy atom. The van der Waals surface area contributed by atoms with E-state index in [4.69, 9.17) is 10.5 Å². The van der Waals surface area contributed by atoms with Crippen LogP contribution in [-0.2, 0) is 35.2 Å². The zero-order valence-corrected chi connectivity index (χ0v) is 42.8. The molecule has 374 valence electrons. The maximum atomic E-state index is 15.2.